The maximum absolute atomic E-state index is 12.6. The largest absolute Gasteiger partial charge is 0.361 e. The van der Waals surface area contributed by atoms with E-state index in [0.717, 1.165) is 27.9 Å². The van der Waals surface area contributed by atoms with Gasteiger partial charge in [-0.05, 0) is 53.4 Å². The van der Waals surface area contributed by atoms with Crippen LogP contribution in [0.15, 0.2) is 72.9 Å². The van der Waals surface area contributed by atoms with Gasteiger partial charge in [-0.3, -0.25) is 14.9 Å². The van der Waals surface area contributed by atoms with Gasteiger partial charge < -0.3 is 5.32 Å². The van der Waals surface area contributed by atoms with Crippen LogP contribution < -0.4 is 10.6 Å². The second kappa shape index (κ2) is 8.06. The number of rotatable bonds is 4. The van der Waals surface area contributed by atoms with Crippen LogP contribution in [0.2, 0.25) is 0 Å². The molecular formula is C25H19N3O2. The molecule has 5 nitrogen and oxygen atoms in total. The molecule has 0 fully saturated rings. The molecule has 1 heterocycles. The Balaban J connectivity index is 1.72. The lowest BCUT2D eigenvalue weighted by Gasteiger charge is -2.20. The van der Waals surface area contributed by atoms with Crippen molar-refractivity contribution in [3.05, 3.63) is 95.2 Å². The zero-order chi connectivity index (χ0) is 21.1. The third-order valence-corrected chi connectivity index (χ3v) is 5.10. The Morgan fingerprint density at radius 2 is 1.70 bits per heavy atom. The number of benzene rings is 3. The average Bonchev–Trinajstić information content (AvgIpc) is 2.75. The number of nitrogens with zero attached hydrogens (tertiary/aromatic N) is 1. The summed E-state index contributed by atoms with van der Waals surface area (Å²) in [5.74, 6) is -0.840. The minimum Gasteiger partial charge on any atom is -0.361 e. The molecule has 3 aromatic carbocycles. The van der Waals surface area contributed by atoms with E-state index >= 15 is 0 Å². The van der Waals surface area contributed by atoms with Crippen molar-refractivity contribution in [1.29, 1.82) is 5.26 Å². The van der Waals surface area contributed by atoms with Crippen LogP contribution >= 0.6 is 0 Å². The van der Waals surface area contributed by atoms with Crippen molar-refractivity contribution in [2.24, 2.45) is 0 Å². The molecule has 0 radical (unpaired) electrons. The van der Waals surface area contributed by atoms with E-state index in [4.69, 9.17) is 5.26 Å². The Morgan fingerprint density at radius 1 is 0.933 bits per heavy atom. The molecule has 0 spiro atoms. The highest BCUT2D eigenvalue weighted by Gasteiger charge is 2.27. The van der Waals surface area contributed by atoms with Crippen LogP contribution in [0.1, 0.15) is 27.0 Å². The van der Waals surface area contributed by atoms with E-state index in [1.54, 1.807) is 12.3 Å². The standard InChI is InChI=1S/C25H19N3O2/c1-16-4-2-3-5-20(16)18-8-11-21-22(14-18)23(25(30)28-24(21)29)15-27-19-9-6-17(7-10-19)12-13-26/h2-11,14-15,27H,12H2,1H3,(H,28,29,30). The minimum absolute atomic E-state index is 0.348. The SMILES string of the molecule is Cc1ccccc1-c1ccc2c(c1)C(=CNc1ccc(CC#N)cc1)C(=O)NC2=O. The molecule has 1 aliphatic rings. The Bertz CT molecular complexity index is 1220. The molecule has 146 valence electrons. The van der Waals surface area contributed by atoms with Crippen LogP contribution in [-0.4, -0.2) is 11.8 Å². The van der Waals surface area contributed by atoms with Gasteiger partial charge in [0.1, 0.15) is 0 Å². The van der Waals surface area contributed by atoms with Gasteiger partial charge in [-0.25, -0.2) is 0 Å². The summed E-state index contributed by atoms with van der Waals surface area (Å²) in [6.45, 7) is 2.03. The number of hydrogen-bond donors (Lipinski definition) is 2. The summed E-state index contributed by atoms with van der Waals surface area (Å²) in [6, 6.07) is 23.1. The summed E-state index contributed by atoms with van der Waals surface area (Å²) in [7, 11) is 0. The lowest BCUT2D eigenvalue weighted by atomic mass is 9.90. The number of imide groups is 1. The molecule has 3 aromatic rings. The molecular weight excluding hydrogens is 374 g/mol. The van der Waals surface area contributed by atoms with Crippen LogP contribution in [-0.2, 0) is 11.2 Å². The molecule has 1 aliphatic heterocycles. The Kier molecular flexibility index (Phi) is 5.15. The number of aryl methyl sites for hydroxylation is 1. The first kappa shape index (κ1) is 19.2. The number of nitrogens with one attached hydrogen (secondary N) is 2. The van der Waals surface area contributed by atoms with Crippen LogP contribution in [0.3, 0.4) is 0 Å². The van der Waals surface area contributed by atoms with E-state index in [1.165, 1.54) is 0 Å². The first-order valence-corrected chi connectivity index (χ1v) is 9.55. The molecule has 0 aromatic heterocycles. The fourth-order valence-electron chi connectivity index (χ4n) is 3.50. The summed E-state index contributed by atoms with van der Waals surface area (Å²) >= 11 is 0. The zero-order valence-corrected chi connectivity index (χ0v) is 16.4. The predicted octanol–water partition coefficient (Wildman–Crippen LogP) is 4.45. The summed E-state index contributed by atoms with van der Waals surface area (Å²) in [5.41, 5.74) is 6.27. The molecule has 0 saturated heterocycles. The Hall–Kier alpha value is -4.17. The van der Waals surface area contributed by atoms with Gasteiger partial charge in [-0.2, -0.15) is 5.26 Å². The Morgan fingerprint density at radius 3 is 2.43 bits per heavy atom. The fraction of sp³-hybridized carbons (Fsp3) is 0.0800. The molecule has 0 atom stereocenters. The van der Waals surface area contributed by atoms with Gasteiger partial charge in [-0.1, -0.05) is 42.5 Å². The van der Waals surface area contributed by atoms with E-state index in [-0.39, 0.29) is 0 Å². The van der Waals surface area contributed by atoms with Gasteiger partial charge in [0.15, 0.2) is 0 Å². The monoisotopic (exact) mass is 393 g/mol. The molecule has 2 amide bonds. The Labute approximate surface area is 174 Å². The van der Waals surface area contributed by atoms with Gasteiger partial charge in [0.05, 0.1) is 18.1 Å². The molecule has 2 N–H and O–H groups in total. The highest BCUT2D eigenvalue weighted by Crippen LogP contribution is 2.31. The van der Waals surface area contributed by atoms with Gasteiger partial charge in [-0.15, -0.1) is 0 Å². The van der Waals surface area contributed by atoms with Gasteiger partial charge in [0.2, 0.25) is 0 Å². The lowest BCUT2D eigenvalue weighted by molar-refractivity contribution is -0.114. The van der Waals surface area contributed by atoms with Crippen molar-refractivity contribution in [2.45, 2.75) is 13.3 Å². The molecule has 0 saturated carbocycles. The second-order valence-electron chi connectivity index (χ2n) is 7.09. The molecule has 0 bridgehead atoms. The second-order valence-corrected chi connectivity index (χ2v) is 7.09. The van der Waals surface area contributed by atoms with Crippen LogP contribution in [0, 0.1) is 18.3 Å². The third-order valence-electron chi connectivity index (χ3n) is 5.10. The number of amides is 2. The number of carbonyl (C=O) groups excluding carboxylic acids is 2. The van der Waals surface area contributed by atoms with Crippen molar-refractivity contribution in [3.8, 4) is 17.2 Å². The van der Waals surface area contributed by atoms with E-state index in [2.05, 4.69) is 16.7 Å². The highest BCUT2D eigenvalue weighted by atomic mass is 16.2. The first-order valence-electron chi connectivity index (χ1n) is 9.55. The highest BCUT2D eigenvalue weighted by molar-refractivity contribution is 6.31. The van der Waals surface area contributed by atoms with E-state index in [9.17, 15) is 9.59 Å². The van der Waals surface area contributed by atoms with Crippen LogP contribution in [0.25, 0.3) is 16.7 Å². The molecule has 4 rings (SSSR count). The number of fused-ring (bicyclic) bond motifs is 1. The van der Waals surface area contributed by atoms with Gasteiger partial charge in [0, 0.05) is 23.0 Å². The van der Waals surface area contributed by atoms with E-state index < -0.39 is 11.8 Å². The van der Waals surface area contributed by atoms with Crippen LogP contribution in [0.5, 0.6) is 0 Å². The summed E-state index contributed by atoms with van der Waals surface area (Å²) < 4.78 is 0. The fourth-order valence-corrected chi connectivity index (χ4v) is 3.50. The molecule has 5 heteroatoms. The van der Waals surface area contributed by atoms with Crippen LogP contribution in [0.4, 0.5) is 5.69 Å². The molecule has 0 aliphatic carbocycles. The smallest absolute Gasteiger partial charge is 0.260 e. The van der Waals surface area contributed by atoms with Gasteiger partial charge >= 0.3 is 0 Å². The van der Waals surface area contributed by atoms with Gasteiger partial charge in [0.25, 0.3) is 11.8 Å². The number of hydrogen-bond acceptors (Lipinski definition) is 4. The first-order chi connectivity index (χ1) is 14.6. The van der Waals surface area contributed by atoms with Crippen molar-refractivity contribution in [3.63, 3.8) is 0 Å². The molecule has 0 unspecified atom stereocenters. The third kappa shape index (κ3) is 3.71. The zero-order valence-electron chi connectivity index (χ0n) is 16.4. The maximum atomic E-state index is 12.6. The number of carbonyl (C=O) groups is 2. The molecule has 30 heavy (non-hydrogen) atoms. The maximum Gasteiger partial charge on any atom is 0.260 e. The predicted molar refractivity (Wildman–Crippen MR) is 116 cm³/mol. The van der Waals surface area contributed by atoms with Crippen molar-refractivity contribution in [1.82, 2.24) is 5.32 Å². The number of anilines is 1. The van der Waals surface area contributed by atoms with Crippen molar-refractivity contribution >= 4 is 23.1 Å². The summed E-state index contributed by atoms with van der Waals surface area (Å²) in [4.78, 5) is 24.9. The number of nitriles is 1. The normalized spacial score (nSPS) is 14.1. The topological polar surface area (TPSA) is 82.0 Å². The summed E-state index contributed by atoms with van der Waals surface area (Å²) in [5, 5.41) is 14.3. The van der Waals surface area contributed by atoms with Crippen molar-refractivity contribution in [2.75, 3.05) is 5.32 Å². The van der Waals surface area contributed by atoms with E-state index in [0.29, 0.717) is 23.1 Å². The quantitative estimate of drug-likeness (QED) is 0.507. The average molecular weight is 393 g/mol. The van der Waals surface area contributed by atoms with Crippen molar-refractivity contribution < 1.29 is 9.59 Å². The lowest BCUT2D eigenvalue weighted by Crippen LogP contribution is -2.36. The van der Waals surface area contributed by atoms with E-state index in [1.807, 2.05) is 67.6 Å². The minimum atomic E-state index is -0.442. The summed E-state index contributed by atoms with van der Waals surface area (Å²) in [6.07, 6.45) is 1.96.